The molecule has 0 aromatic carbocycles. The van der Waals surface area contributed by atoms with Gasteiger partial charge >= 0.3 is 5.97 Å². The van der Waals surface area contributed by atoms with Gasteiger partial charge < -0.3 is 10.8 Å². The second-order valence-corrected chi connectivity index (χ2v) is 1.60. The Morgan fingerprint density at radius 1 is 1.60 bits per heavy atom. The molecule has 0 heterocycles. The number of hydrogen-bond donors (Lipinski definition) is 2. The van der Waals surface area contributed by atoms with Crippen molar-refractivity contribution in [1.29, 1.82) is 0 Å². The van der Waals surface area contributed by atoms with E-state index in [0.29, 0.717) is 0 Å². The van der Waals surface area contributed by atoms with Gasteiger partial charge in [0.05, 0.1) is 12.5 Å². The lowest BCUT2D eigenvalue weighted by Crippen LogP contribution is -2.31. The second kappa shape index (κ2) is 5.37. The van der Waals surface area contributed by atoms with E-state index in [-0.39, 0.29) is 12.4 Å². The van der Waals surface area contributed by atoms with E-state index in [1.807, 2.05) is 0 Å². The average Bonchev–Trinajstić information content (AvgIpc) is 1.63. The van der Waals surface area contributed by atoms with Crippen LogP contribution < -0.4 is 5.73 Å². The molecule has 0 saturated heterocycles. The van der Waals surface area contributed by atoms with Crippen molar-refractivity contribution >= 4 is 18.4 Å². The van der Waals surface area contributed by atoms with E-state index in [0.717, 1.165) is 0 Å². The maximum Gasteiger partial charge on any atom is 0.305 e. The van der Waals surface area contributed by atoms with Crippen LogP contribution in [0.2, 0.25) is 0 Å². The van der Waals surface area contributed by atoms with Crippen LogP contribution in [0.3, 0.4) is 0 Å². The zero-order chi connectivity index (χ0) is 7.44. The number of halogens is 3. The lowest BCUT2D eigenvalue weighted by molar-refractivity contribution is -0.138. The lowest BCUT2D eigenvalue weighted by atomic mass is 10.2. The topological polar surface area (TPSA) is 63.3 Å². The molecule has 0 bridgehead atoms. The quantitative estimate of drug-likeness (QED) is 0.656. The first-order chi connectivity index (χ1) is 4.04. The summed E-state index contributed by atoms with van der Waals surface area (Å²) < 4.78 is 22.8. The first-order valence-corrected chi connectivity index (χ1v) is 2.29. The number of aliphatic carboxylic acids is 1. The smallest absolute Gasteiger partial charge is 0.305 e. The van der Waals surface area contributed by atoms with Crippen molar-refractivity contribution in [3.8, 4) is 0 Å². The van der Waals surface area contributed by atoms with Crippen LogP contribution >= 0.6 is 12.4 Å². The van der Waals surface area contributed by atoms with Crippen LogP contribution in [0.1, 0.15) is 6.42 Å². The van der Waals surface area contributed by atoms with E-state index in [4.69, 9.17) is 5.11 Å². The van der Waals surface area contributed by atoms with Crippen molar-refractivity contribution in [2.45, 2.75) is 18.9 Å². The van der Waals surface area contributed by atoms with Gasteiger partial charge in [-0.15, -0.1) is 12.4 Å². The van der Waals surface area contributed by atoms with Gasteiger partial charge in [0, 0.05) is 0 Å². The molecule has 6 heteroatoms. The molecule has 0 aromatic rings. The van der Waals surface area contributed by atoms with Gasteiger partial charge in [0.1, 0.15) is 0 Å². The summed E-state index contributed by atoms with van der Waals surface area (Å²) in [4.78, 5) is 9.70. The summed E-state index contributed by atoms with van der Waals surface area (Å²) in [5.41, 5.74) is 4.69. The molecule has 0 aliphatic carbocycles. The molecule has 1 unspecified atom stereocenters. The highest BCUT2D eigenvalue weighted by Crippen LogP contribution is 2.00. The number of hydrogen-bond acceptors (Lipinski definition) is 2. The molecule has 62 valence electrons. The third kappa shape index (κ3) is 5.71. The van der Waals surface area contributed by atoms with Gasteiger partial charge in [-0.05, 0) is 0 Å². The molecule has 3 nitrogen and oxygen atoms in total. The highest BCUT2D eigenvalue weighted by Gasteiger charge is 2.17. The molecule has 0 aliphatic rings. The van der Waals surface area contributed by atoms with Crippen LogP contribution in [-0.2, 0) is 4.79 Å². The summed E-state index contributed by atoms with van der Waals surface area (Å²) in [6, 6.07) is -1.54. The van der Waals surface area contributed by atoms with Crippen LogP contribution in [0.25, 0.3) is 0 Å². The van der Waals surface area contributed by atoms with Crippen molar-refractivity contribution in [1.82, 2.24) is 0 Å². The Morgan fingerprint density at radius 2 is 2.00 bits per heavy atom. The van der Waals surface area contributed by atoms with Crippen molar-refractivity contribution in [3.05, 3.63) is 0 Å². The van der Waals surface area contributed by atoms with Crippen LogP contribution in [0.4, 0.5) is 8.78 Å². The molecular weight excluding hydrogens is 167 g/mol. The van der Waals surface area contributed by atoms with Gasteiger partial charge in [-0.2, -0.15) is 0 Å². The molecule has 0 aromatic heterocycles. The first-order valence-electron chi connectivity index (χ1n) is 2.29. The summed E-state index contributed by atoms with van der Waals surface area (Å²) in [7, 11) is 0. The molecule has 0 fully saturated rings. The Kier molecular flexibility index (Phi) is 6.59. The molecule has 10 heavy (non-hydrogen) atoms. The van der Waals surface area contributed by atoms with Crippen LogP contribution in [0, 0.1) is 0 Å². The summed E-state index contributed by atoms with van der Waals surface area (Å²) in [5.74, 6) is -1.30. The standard InChI is InChI=1S/C4H7F2NO2.ClH/c5-4(6)2(7)1-3(8)9;/h2,4H,1,7H2,(H,8,9);1H. The van der Waals surface area contributed by atoms with E-state index in [1.54, 1.807) is 0 Å². The molecule has 0 spiro atoms. The molecular formula is C4H8ClF2NO2. The zero-order valence-electron chi connectivity index (χ0n) is 4.96. The minimum Gasteiger partial charge on any atom is -0.481 e. The molecule has 3 N–H and O–H groups in total. The van der Waals surface area contributed by atoms with Crippen molar-refractivity contribution in [3.63, 3.8) is 0 Å². The first kappa shape index (κ1) is 12.3. The fraction of sp³-hybridized carbons (Fsp3) is 0.750. The van der Waals surface area contributed by atoms with Gasteiger partial charge in [-0.1, -0.05) is 0 Å². The maximum absolute atomic E-state index is 11.4. The number of carboxylic acids is 1. The summed E-state index contributed by atoms with van der Waals surface area (Å²) in [6.45, 7) is 0. The highest BCUT2D eigenvalue weighted by atomic mass is 35.5. The predicted octanol–water partition coefficient (Wildman–Crippen LogP) is 0.475. The molecule has 0 amide bonds. The fourth-order valence-electron chi connectivity index (χ4n) is 0.291. The van der Waals surface area contributed by atoms with Crippen molar-refractivity contribution < 1.29 is 18.7 Å². The molecule has 0 rings (SSSR count). The number of carbonyl (C=O) groups is 1. The summed E-state index contributed by atoms with van der Waals surface area (Å²) >= 11 is 0. The molecule has 0 saturated carbocycles. The number of carboxylic acid groups (broad SMARTS) is 1. The van der Waals surface area contributed by atoms with Gasteiger partial charge in [0.25, 0.3) is 6.43 Å². The fourth-order valence-corrected chi connectivity index (χ4v) is 0.291. The van der Waals surface area contributed by atoms with Crippen LogP contribution in [0.15, 0.2) is 0 Å². The Balaban J connectivity index is 0. The van der Waals surface area contributed by atoms with Gasteiger partial charge in [-0.25, -0.2) is 8.78 Å². The van der Waals surface area contributed by atoms with E-state index < -0.39 is 24.9 Å². The summed E-state index contributed by atoms with van der Waals surface area (Å²) in [5, 5.41) is 7.92. The van der Waals surface area contributed by atoms with E-state index >= 15 is 0 Å². The summed E-state index contributed by atoms with van der Waals surface area (Å²) in [6.07, 6.45) is -3.43. The number of nitrogens with two attached hydrogens (primary N) is 1. The van der Waals surface area contributed by atoms with Crippen molar-refractivity contribution in [2.24, 2.45) is 5.73 Å². The zero-order valence-corrected chi connectivity index (χ0v) is 5.78. The van der Waals surface area contributed by atoms with Gasteiger partial charge in [-0.3, -0.25) is 4.79 Å². The van der Waals surface area contributed by atoms with Crippen LogP contribution in [-0.4, -0.2) is 23.5 Å². The Labute approximate surface area is 62.6 Å². The largest absolute Gasteiger partial charge is 0.481 e. The third-order valence-corrected chi connectivity index (χ3v) is 0.734. The molecule has 0 radical (unpaired) electrons. The predicted molar refractivity (Wildman–Crippen MR) is 33.5 cm³/mol. The van der Waals surface area contributed by atoms with E-state index in [2.05, 4.69) is 5.73 Å². The Hall–Kier alpha value is -0.420. The molecule has 0 aliphatic heterocycles. The Morgan fingerprint density at radius 3 is 2.10 bits per heavy atom. The third-order valence-electron chi connectivity index (χ3n) is 0.734. The monoisotopic (exact) mass is 175 g/mol. The van der Waals surface area contributed by atoms with Gasteiger partial charge in [0.15, 0.2) is 0 Å². The SMILES string of the molecule is Cl.NC(CC(=O)O)C(F)F. The lowest BCUT2D eigenvalue weighted by Gasteiger charge is -2.04. The van der Waals surface area contributed by atoms with Crippen molar-refractivity contribution in [2.75, 3.05) is 0 Å². The minimum absolute atomic E-state index is 0. The number of alkyl halides is 2. The average molecular weight is 176 g/mol. The molecule has 1 atom stereocenters. The van der Waals surface area contributed by atoms with E-state index in [1.165, 1.54) is 0 Å². The van der Waals surface area contributed by atoms with Gasteiger partial charge in [0.2, 0.25) is 0 Å². The Bertz CT molecular complexity index is 111. The van der Waals surface area contributed by atoms with E-state index in [9.17, 15) is 13.6 Å². The normalized spacial score (nSPS) is 12.4. The highest BCUT2D eigenvalue weighted by molar-refractivity contribution is 5.85. The number of rotatable bonds is 3. The minimum atomic E-state index is -2.75. The van der Waals surface area contributed by atoms with Crippen LogP contribution in [0.5, 0.6) is 0 Å². The maximum atomic E-state index is 11.4. The second-order valence-electron chi connectivity index (χ2n) is 1.60.